The number of sulfonamides is 1. The quantitative estimate of drug-likeness (QED) is 0.847. The van der Waals surface area contributed by atoms with Crippen molar-refractivity contribution in [2.45, 2.75) is 18.7 Å². The van der Waals surface area contributed by atoms with Crippen molar-refractivity contribution in [2.24, 2.45) is 0 Å². The molecule has 0 atom stereocenters. The van der Waals surface area contributed by atoms with Crippen LogP contribution >= 0.6 is 15.9 Å². The monoisotopic (exact) mass is 369 g/mol. The molecule has 1 aromatic heterocycles. The minimum absolute atomic E-state index is 0.110. The lowest BCUT2D eigenvalue weighted by atomic mass is 10.2. The van der Waals surface area contributed by atoms with Gasteiger partial charge in [0.15, 0.2) is 0 Å². The number of nitrogens with one attached hydrogen (secondary N) is 2. The Kier molecular flexibility index (Phi) is 4.84. The van der Waals surface area contributed by atoms with E-state index in [1.54, 1.807) is 18.3 Å². The third-order valence-corrected chi connectivity index (χ3v) is 4.59. The van der Waals surface area contributed by atoms with Gasteiger partial charge in [-0.25, -0.2) is 13.4 Å². The maximum atomic E-state index is 12.5. The van der Waals surface area contributed by atoms with Crippen molar-refractivity contribution in [3.05, 3.63) is 46.6 Å². The summed E-state index contributed by atoms with van der Waals surface area (Å²) in [7, 11) is -3.71. The fourth-order valence-electron chi connectivity index (χ4n) is 1.76. The number of halogens is 1. The molecule has 2 rings (SSSR count). The molecule has 1 aromatic carbocycles. The molecule has 7 heteroatoms. The van der Waals surface area contributed by atoms with Gasteiger partial charge in [0.2, 0.25) is 0 Å². The van der Waals surface area contributed by atoms with Crippen LogP contribution in [0.25, 0.3) is 0 Å². The van der Waals surface area contributed by atoms with Crippen molar-refractivity contribution in [3.8, 4) is 0 Å². The van der Waals surface area contributed by atoms with Crippen molar-refractivity contribution in [3.63, 3.8) is 0 Å². The summed E-state index contributed by atoms with van der Waals surface area (Å²) in [5.41, 5.74) is 1.58. The van der Waals surface area contributed by atoms with Gasteiger partial charge in [-0.3, -0.25) is 4.72 Å². The lowest BCUT2D eigenvalue weighted by molar-refractivity contribution is 0.601. The number of aromatic nitrogens is 1. The molecule has 112 valence electrons. The predicted molar refractivity (Wildman–Crippen MR) is 88.1 cm³/mol. The molecule has 0 amide bonds. The third kappa shape index (κ3) is 3.95. The van der Waals surface area contributed by atoms with Gasteiger partial charge < -0.3 is 5.32 Å². The smallest absolute Gasteiger partial charge is 0.265 e. The van der Waals surface area contributed by atoms with Crippen LogP contribution < -0.4 is 10.0 Å². The maximum Gasteiger partial charge on any atom is 0.265 e. The lowest BCUT2D eigenvalue weighted by Gasteiger charge is -2.12. The van der Waals surface area contributed by atoms with E-state index in [0.29, 0.717) is 22.5 Å². The zero-order valence-electron chi connectivity index (χ0n) is 11.7. The molecule has 0 fully saturated rings. The van der Waals surface area contributed by atoms with E-state index in [2.05, 4.69) is 31.0 Å². The molecule has 0 bridgehead atoms. The van der Waals surface area contributed by atoms with Crippen molar-refractivity contribution < 1.29 is 8.42 Å². The summed E-state index contributed by atoms with van der Waals surface area (Å²) in [6, 6.07) is 8.68. The van der Waals surface area contributed by atoms with Gasteiger partial charge in [-0.1, -0.05) is 17.7 Å². The van der Waals surface area contributed by atoms with Crippen LogP contribution in [-0.2, 0) is 10.0 Å². The van der Waals surface area contributed by atoms with Gasteiger partial charge in [0.1, 0.15) is 10.7 Å². The number of anilines is 2. The topological polar surface area (TPSA) is 71.1 Å². The number of hydrogen-bond donors (Lipinski definition) is 2. The van der Waals surface area contributed by atoms with Crippen LogP contribution in [0.4, 0.5) is 11.5 Å². The third-order valence-electron chi connectivity index (χ3n) is 2.76. The van der Waals surface area contributed by atoms with Gasteiger partial charge >= 0.3 is 0 Å². The summed E-state index contributed by atoms with van der Waals surface area (Å²) in [6.45, 7) is 4.41. The Morgan fingerprint density at radius 3 is 2.52 bits per heavy atom. The summed E-state index contributed by atoms with van der Waals surface area (Å²) < 4.78 is 28.2. The van der Waals surface area contributed by atoms with Gasteiger partial charge in [-0.2, -0.15) is 0 Å². The summed E-state index contributed by atoms with van der Waals surface area (Å²) in [6.07, 6.45) is 1.56. The Labute approximate surface area is 133 Å². The lowest BCUT2D eigenvalue weighted by Crippen LogP contribution is -2.16. The van der Waals surface area contributed by atoms with Crippen LogP contribution in [0.2, 0.25) is 0 Å². The number of aryl methyl sites for hydroxylation is 1. The van der Waals surface area contributed by atoms with E-state index in [9.17, 15) is 8.42 Å². The fourth-order valence-corrected chi connectivity index (χ4v) is 3.46. The summed E-state index contributed by atoms with van der Waals surface area (Å²) in [5, 5.41) is 2.95. The normalized spacial score (nSPS) is 11.2. The van der Waals surface area contributed by atoms with Crippen LogP contribution in [0.3, 0.4) is 0 Å². The second kappa shape index (κ2) is 6.44. The average molecular weight is 370 g/mol. The molecule has 0 aliphatic rings. The molecule has 5 nitrogen and oxygen atoms in total. The van der Waals surface area contributed by atoms with Gasteiger partial charge in [-0.15, -0.1) is 0 Å². The van der Waals surface area contributed by atoms with E-state index >= 15 is 0 Å². The van der Waals surface area contributed by atoms with Crippen molar-refractivity contribution >= 4 is 37.5 Å². The minimum atomic E-state index is -3.71. The highest BCUT2D eigenvalue weighted by molar-refractivity contribution is 9.10. The molecule has 0 saturated heterocycles. The second-order valence-electron chi connectivity index (χ2n) is 4.50. The van der Waals surface area contributed by atoms with Crippen LogP contribution in [-0.4, -0.2) is 19.9 Å². The Morgan fingerprint density at radius 1 is 1.24 bits per heavy atom. The first-order chi connectivity index (χ1) is 9.92. The average Bonchev–Trinajstić information content (AvgIpc) is 2.43. The van der Waals surface area contributed by atoms with E-state index in [1.165, 1.54) is 6.07 Å². The van der Waals surface area contributed by atoms with Crippen LogP contribution in [0.1, 0.15) is 12.5 Å². The molecule has 0 aliphatic heterocycles. The fraction of sp³-hybridized carbons (Fsp3) is 0.214. The Hall–Kier alpha value is -1.60. The highest BCUT2D eigenvalue weighted by Crippen LogP contribution is 2.25. The van der Waals surface area contributed by atoms with E-state index in [4.69, 9.17) is 0 Å². The molecule has 0 spiro atoms. The predicted octanol–water partition coefficient (Wildman–Crippen LogP) is 3.39. The first-order valence-corrected chi connectivity index (χ1v) is 8.69. The number of pyridine rings is 1. The van der Waals surface area contributed by atoms with Gasteiger partial charge in [0.05, 0.1) is 0 Å². The standard InChI is InChI=1S/C14H16BrN3O2S/c1-3-16-14-13(8-11(15)9-17-14)21(19,20)18-12-6-4-10(2)5-7-12/h4-9,18H,3H2,1-2H3,(H,16,17). The van der Waals surface area contributed by atoms with E-state index in [-0.39, 0.29) is 4.90 Å². The molecular formula is C14H16BrN3O2S. The number of benzene rings is 1. The minimum Gasteiger partial charge on any atom is -0.369 e. The SMILES string of the molecule is CCNc1ncc(Br)cc1S(=O)(=O)Nc1ccc(C)cc1. The number of nitrogens with zero attached hydrogens (tertiary/aromatic N) is 1. The Balaban J connectivity index is 2.39. The number of hydrogen-bond acceptors (Lipinski definition) is 4. The van der Waals surface area contributed by atoms with Crippen LogP contribution in [0.15, 0.2) is 45.9 Å². The first kappa shape index (κ1) is 15.8. The molecule has 2 N–H and O–H groups in total. The molecular weight excluding hydrogens is 354 g/mol. The van der Waals surface area contributed by atoms with Crippen molar-refractivity contribution in [1.29, 1.82) is 0 Å². The molecule has 0 unspecified atom stereocenters. The summed E-state index contributed by atoms with van der Waals surface area (Å²) in [4.78, 5) is 4.22. The molecule has 2 aromatic rings. The molecule has 21 heavy (non-hydrogen) atoms. The van der Waals surface area contributed by atoms with E-state index in [0.717, 1.165) is 5.56 Å². The van der Waals surface area contributed by atoms with E-state index in [1.807, 2.05) is 26.0 Å². The maximum absolute atomic E-state index is 12.5. The zero-order chi connectivity index (χ0) is 15.5. The van der Waals surface area contributed by atoms with E-state index < -0.39 is 10.0 Å². The zero-order valence-corrected chi connectivity index (χ0v) is 14.1. The van der Waals surface area contributed by atoms with Gasteiger partial charge in [0, 0.05) is 22.9 Å². The van der Waals surface area contributed by atoms with Crippen molar-refractivity contribution in [1.82, 2.24) is 4.98 Å². The molecule has 1 heterocycles. The van der Waals surface area contributed by atoms with Gasteiger partial charge in [-0.05, 0) is 48.0 Å². The molecule has 0 saturated carbocycles. The molecule has 0 aliphatic carbocycles. The second-order valence-corrected chi connectivity index (χ2v) is 7.07. The Morgan fingerprint density at radius 2 is 1.90 bits per heavy atom. The highest BCUT2D eigenvalue weighted by atomic mass is 79.9. The largest absolute Gasteiger partial charge is 0.369 e. The summed E-state index contributed by atoms with van der Waals surface area (Å²) in [5.74, 6) is 0.334. The summed E-state index contributed by atoms with van der Waals surface area (Å²) >= 11 is 3.25. The molecule has 0 radical (unpaired) electrons. The highest BCUT2D eigenvalue weighted by Gasteiger charge is 2.20. The number of rotatable bonds is 5. The van der Waals surface area contributed by atoms with Crippen LogP contribution in [0, 0.1) is 6.92 Å². The Bertz CT molecular complexity index is 730. The van der Waals surface area contributed by atoms with Crippen LogP contribution in [0.5, 0.6) is 0 Å². The van der Waals surface area contributed by atoms with Crippen molar-refractivity contribution in [2.75, 3.05) is 16.6 Å². The first-order valence-electron chi connectivity index (χ1n) is 6.41. The van der Waals surface area contributed by atoms with Gasteiger partial charge in [0.25, 0.3) is 10.0 Å².